The topological polar surface area (TPSA) is 90.6 Å². The maximum Gasteiger partial charge on any atom is 0.261 e. The van der Waals surface area contributed by atoms with E-state index in [1.165, 1.54) is 6.20 Å². The zero-order valence-corrected chi connectivity index (χ0v) is 15.0. The van der Waals surface area contributed by atoms with Crippen LogP contribution in [0.25, 0.3) is 33.4 Å². The number of aromatic nitrogens is 4. The molecule has 0 aliphatic carbocycles. The quantitative estimate of drug-likeness (QED) is 0.569. The highest BCUT2D eigenvalue weighted by molar-refractivity contribution is 6.10. The van der Waals surface area contributed by atoms with E-state index in [1.807, 2.05) is 30.3 Å². The molecule has 0 aliphatic rings. The first kappa shape index (κ1) is 16.7. The van der Waals surface area contributed by atoms with Crippen LogP contribution in [0.3, 0.4) is 0 Å². The Morgan fingerprint density at radius 2 is 2.11 bits per heavy atom. The molecule has 0 radical (unpaired) electrons. The third kappa shape index (κ3) is 2.69. The van der Waals surface area contributed by atoms with Crippen LogP contribution in [-0.4, -0.2) is 32.4 Å². The van der Waals surface area contributed by atoms with Crippen molar-refractivity contribution in [2.75, 3.05) is 7.05 Å². The number of aryl methyl sites for hydroxylation is 1. The van der Waals surface area contributed by atoms with Gasteiger partial charge in [0.05, 0.1) is 16.6 Å². The minimum absolute atomic E-state index is 0.0795. The number of fused-ring (bicyclic) bond motifs is 3. The number of allylic oxidation sites excluding steroid dienone is 1. The van der Waals surface area contributed by atoms with Gasteiger partial charge in [-0.2, -0.15) is 5.10 Å². The van der Waals surface area contributed by atoms with Crippen LogP contribution >= 0.6 is 0 Å². The van der Waals surface area contributed by atoms with Gasteiger partial charge >= 0.3 is 0 Å². The van der Waals surface area contributed by atoms with E-state index < -0.39 is 0 Å². The number of aliphatic imine (C=N–C) groups is 1. The Morgan fingerprint density at radius 3 is 2.81 bits per heavy atom. The lowest BCUT2D eigenvalue weighted by molar-refractivity contribution is 0.850. The number of nitrogens with two attached hydrogens (primary N) is 1. The molecule has 0 aliphatic heterocycles. The second-order valence-electron chi connectivity index (χ2n) is 6.15. The molecule has 0 spiro atoms. The van der Waals surface area contributed by atoms with Crippen molar-refractivity contribution in [1.82, 2.24) is 19.2 Å². The van der Waals surface area contributed by atoms with Crippen molar-refractivity contribution in [2.45, 2.75) is 0 Å². The normalized spacial score (nSPS) is 12.4. The molecule has 3 aromatic heterocycles. The third-order valence-corrected chi connectivity index (χ3v) is 4.53. The van der Waals surface area contributed by atoms with Gasteiger partial charge in [0.2, 0.25) is 0 Å². The van der Waals surface area contributed by atoms with Gasteiger partial charge in [-0.15, -0.1) is 0 Å². The summed E-state index contributed by atoms with van der Waals surface area (Å²) >= 11 is 0. The highest BCUT2D eigenvalue weighted by Crippen LogP contribution is 2.23. The third-order valence-electron chi connectivity index (χ3n) is 4.53. The summed E-state index contributed by atoms with van der Waals surface area (Å²) in [6.45, 7) is 0. The molecule has 0 bridgehead atoms. The van der Waals surface area contributed by atoms with E-state index in [0.29, 0.717) is 16.6 Å². The fraction of sp³-hybridized carbons (Fsp3) is 0.100. The lowest BCUT2D eigenvalue weighted by Crippen LogP contribution is -2.19. The van der Waals surface area contributed by atoms with Crippen molar-refractivity contribution in [1.29, 1.82) is 0 Å². The molecule has 0 fully saturated rings. The van der Waals surface area contributed by atoms with Crippen molar-refractivity contribution in [3.63, 3.8) is 0 Å². The van der Waals surface area contributed by atoms with E-state index in [-0.39, 0.29) is 5.56 Å². The summed E-state index contributed by atoms with van der Waals surface area (Å²) in [4.78, 5) is 21.0. The molecule has 3 heterocycles. The van der Waals surface area contributed by atoms with E-state index in [1.54, 1.807) is 47.9 Å². The average Bonchev–Trinajstić information content (AvgIpc) is 3.16. The smallest absolute Gasteiger partial charge is 0.261 e. The van der Waals surface area contributed by atoms with Gasteiger partial charge in [0.1, 0.15) is 5.65 Å². The molecule has 0 saturated heterocycles. The monoisotopic (exact) mass is 358 g/mol. The van der Waals surface area contributed by atoms with Gasteiger partial charge in [-0.25, -0.2) is 4.52 Å². The number of benzene rings is 1. The Kier molecular flexibility index (Phi) is 4.04. The molecule has 0 unspecified atom stereocenters. The van der Waals surface area contributed by atoms with E-state index in [4.69, 9.17) is 10.8 Å². The minimum atomic E-state index is -0.0795. The van der Waals surface area contributed by atoms with Crippen LogP contribution in [0.4, 0.5) is 0 Å². The zero-order valence-electron chi connectivity index (χ0n) is 15.0. The summed E-state index contributed by atoms with van der Waals surface area (Å²) in [5, 5.41) is 5.30. The second kappa shape index (κ2) is 6.53. The van der Waals surface area contributed by atoms with Gasteiger partial charge in [0.15, 0.2) is 0 Å². The van der Waals surface area contributed by atoms with Gasteiger partial charge in [-0.1, -0.05) is 6.07 Å². The molecule has 0 atom stereocenters. The number of nitrogens with zero attached hydrogens (tertiary/aromatic N) is 5. The molecular weight excluding hydrogens is 340 g/mol. The van der Waals surface area contributed by atoms with Crippen LogP contribution in [0, 0.1) is 0 Å². The molecule has 4 rings (SSSR count). The Labute approximate surface area is 155 Å². The lowest BCUT2D eigenvalue weighted by atomic mass is 10.1. The lowest BCUT2D eigenvalue weighted by Gasteiger charge is -2.08. The molecule has 4 aromatic rings. The fourth-order valence-electron chi connectivity index (χ4n) is 3.15. The zero-order chi connectivity index (χ0) is 19.0. The van der Waals surface area contributed by atoms with Crippen LogP contribution in [0.1, 0.15) is 5.56 Å². The number of pyridine rings is 1. The maximum atomic E-state index is 12.8. The first-order valence-corrected chi connectivity index (χ1v) is 8.41. The summed E-state index contributed by atoms with van der Waals surface area (Å²) < 4.78 is 3.38. The largest absolute Gasteiger partial charge is 0.404 e. The van der Waals surface area contributed by atoms with E-state index in [9.17, 15) is 4.79 Å². The summed E-state index contributed by atoms with van der Waals surface area (Å²) in [6, 6.07) is 11.2. The van der Waals surface area contributed by atoms with Crippen molar-refractivity contribution in [2.24, 2.45) is 17.8 Å². The van der Waals surface area contributed by atoms with E-state index in [2.05, 4.69) is 9.98 Å². The van der Waals surface area contributed by atoms with Crippen molar-refractivity contribution in [3.8, 4) is 11.3 Å². The molecular formula is C20H18N6O. The predicted molar refractivity (Wildman–Crippen MR) is 108 cm³/mol. The highest BCUT2D eigenvalue weighted by Gasteiger charge is 2.14. The van der Waals surface area contributed by atoms with Crippen molar-refractivity contribution >= 4 is 28.3 Å². The SMILES string of the molecule is CN=CC(=CN)c1ccc2c(=O)n(C)c3cc(-c4cccnc4)nn3c2c1. The molecule has 134 valence electrons. The summed E-state index contributed by atoms with van der Waals surface area (Å²) in [7, 11) is 3.43. The van der Waals surface area contributed by atoms with Crippen LogP contribution in [0.2, 0.25) is 0 Å². The Bertz CT molecular complexity index is 1260. The Hall–Kier alpha value is -3.74. The van der Waals surface area contributed by atoms with Gasteiger partial charge in [0, 0.05) is 56.1 Å². The Balaban J connectivity index is 2.05. The van der Waals surface area contributed by atoms with Crippen molar-refractivity contribution in [3.05, 3.63) is 70.9 Å². The predicted octanol–water partition coefficient (Wildman–Crippen LogP) is 2.25. The number of hydrogen-bond acceptors (Lipinski definition) is 5. The summed E-state index contributed by atoms with van der Waals surface area (Å²) in [5.74, 6) is 0. The van der Waals surface area contributed by atoms with E-state index >= 15 is 0 Å². The first-order valence-electron chi connectivity index (χ1n) is 8.41. The van der Waals surface area contributed by atoms with Crippen LogP contribution in [0.5, 0.6) is 0 Å². The van der Waals surface area contributed by atoms with Gasteiger partial charge < -0.3 is 5.73 Å². The maximum absolute atomic E-state index is 12.8. The van der Waals surface area contributed by atoms with Crippen LogP contribution in [0.15, 0.2) is 64.8 Å². The minimum Gasteiger partial charge on any atom is -0.404 e. The van der Waals surface area contributed by atoms with Crippen LogP contribution in [-0.2, 0) is 7.05 Å². The molecule has 7 nitrogen and oxygen atoms in total. The molecule has 1 aromatic carbocycles. The summed E-state index contributed by atoms with van der Waals surface area (Å²) in [5.41, 5.74) is 10.3. The van der Waals surface area contributed by atoms with E-state index in [0.717, 1.165) is 22.4 Å². The molecule has 7 heteroatoms. The van der Waals surface area contributed by atoms with Gasteiger partial charge in [0.25, 0.3) is 5.56 Å². The van der Waals surface area contributed by atoms with Gasteiger partial charge in [-0.3, -0.25) is 19.3 Å². The summed E-state index contributed by atoms with van der Waals surface area (Å²) in [6.07, 6.45) is 6.65. The fourth-order valence-corrected chi connectivity index (χ4v) is 3.15. The molecule has 0 saturated carbocycles. The molecule has 0 amide bonds. The van der Waals surface area contributed by atoms with Gasteiger partial charge in [-0.05, 0) is 29.8 Å². The highest BCUT2D eigenvalue weighted by atomic mass is 16.1. The Morgan fingerprint density at radius 1 is 1.26 bits per heavy atom. The molecule has 27 heavy (non-hydrogen) atoms. The number of rotatable bonds is 3. The number of hydrogen-bond donors (Lipinski definition) is 1. The average molecular weight is 358 g/mol. The standard InChI is InChI=1S/C20H18N6O/c1-22-11-15(10-21)13-5-6-16-18(8-13)26-19(25(2)20(16)27)9-17(24-26)14-4-3-7-23-12-14/h3-12H,21H2,1-2H3. The van der Waals surface area contributed by atoms with Crippen LogP contribution < -0.4 is 11.3 Å². The second-order valence-corrected chi connectivity index (χ2v) is 6.15. The first-order chi connectivity index (χ1) is 13.1. The van der Waals surface area contributed by atoms with Crippen molar-refractivity contribution < 1.29 is 0 Å². The molecule has 2 N–H and O–H groups in total.